The summed E-state index contributed by atoms with van der Waals surface area (Å²) in [6, 6.07) is 17.0. The Morgan fingerprint density at radius 1 is 1.09 bits per heavy atom. The molecule has 3 nitrogen and oxygen atoms in total. The van der Waals surface area contributed by atoms with Crippen LogP contribution in [0.4, 0.5) is 0 Å². The summed E-state index contributed by atoms with van der Waals surface area (Å²) >= 11 is 6.01. The van der Waals surface area contributed by atoms with Crippen molar-refractivity contribution in [3.8, 4) is 0 Å². The van der Waals surface area contributed by atoms with Crippen LogP contribution >= 0.6 is 11.6 Å². The summed E-state index contributed by atoms with van der Waals surface area (Å²) in [7, 11) is 0. The quantitative estimate of drug-likeness (QED) is 0.532. The lowest BCUT2D eigenvalue weighted by molar-refractivity contribution is -0.684. The van der Waals surface area contributed by atoms with Crippen molar-refractivity contribution in [3.63, 3.8) is 0 Å². The summed E-state index contributed by atoms with van der Waals surface area (Å²) in [5.41, 5.74) is 2.71. The lowest BCUT2D eigenvalue weighted by Crippen LogP contribution is -2.38. The van der Waals surface area contributed by atoms with Crippen LogP contribution in [0.2, 0.25) is 5.02 Å². The fraction of sp³-hybridized carbons (Fsp3) is 0.105. The second-order valence-corrected chi connectivity index (χ2v) is 5.75. The third-order valence-corrected chi connectivity index (χ3v) is 3.74. The highest BCUT2D eigenvalue weighted by Gasteiger charge is 2.13. The summed E-state index contributed by atoms with van der Waals surface area (Å²) in [5, 5.41) is 0.713. The third kappa shape index (κ3) is 4.24. The number of halogens is 1. The Bertz CT molecular complexity index is 818. The molecule has 0 aliphatic heterocycles. The maximum Gasteiger partial charge on any atom is 0.227 e. The van der Waals surface area contributed by atoms with Crippen LogP contribution in [0.3, 0.4) is 0 Å². The lowest BCUT2D eigenvalue weighted by atomic mass is 10.1. The molecule has 0 bridgehead atoms. The molecule has 0 atom stereocenters. The second kappa shape index (κ2) is 7.16. The molecule has 0 saturated carbocycles. The number of hydrogen-bond donors (Lipinski definition) is 0. The zero-order chi connectivity index (χ0) is 16.1. The first kappa shape index (κ1) is 15.4. The number of hydrogen-bond acceptors (Lipinski definition) is 2. The zero-order valence-electron chi connectivity index (χ0n) is 12.5. The van der Waals surface area contributed by atoms with Gasteiger partial charge in [-0.2, -0.15) is 4.57 Å². The van der Waals surface area contributed by atoms with E-state index >= 15 is 0 Å². The van der Waals surface area contributed by atoms with Gasteiger partial charge in [0.25, 0.3) is 0 Å². The fourth-order valence-electron chi connectivity index (χ4n) is 2.41. The van der Waals surface area contributed by atoms with Crippen LogP contribution in [0.5, 0.6) is 0 Å². The van der Waals surface area contributed by atoms with Gasteiger partial charge in [-0.05, 0) is 17.7 Å². The van der Waals surface area contributed by atoms with E-state index in [2.05, 4.69) is 4.98 Å². The van der Waals surface area contributed by atoms with Crippen molar-refractivity contribution in [2.24, 2.45) is 0 Å². The predicted octanol–water partition coefficient (Wildman–Crippen LogP) is 3.50. The van der Waals surface area contributed by atoms with Gasteiger partial charge in [0, 0.05) is 17.0 Å². The van der Waals surface area contributed by atoms with Gasteiger partial charge in [0.05, 0.1) is 6.20 Å². The number of benzene rings is 2. The van der Waals surface area contributed by atoms with Crippen molar-refractivity contribution in [3.05, 3.63) is 95.0 Å². The molecule has 0 spiro atoms. The first-order valence-corrected chi connectivity index (χ1v) is 7.75. The van der Waals surface area contributed by atoms with Crippen molar-refractivity contribution in [2.75, 3.05) is 0 Å². The normalized spacial score (nSPS) is 10.5. The average Bonchev–Trinajstić information content (AvgIpc) is 2.56. The fourth-order valence-corrected chi connectivity index (χ4v) is 2.62. The number of ketones is 1. The Hall–Kier alpha value is -2.52. The molecule has 0 aliphatic rings. The highest BCUT2D eigenvalue weighted by atomic mass is 35.5. The Labute approximate surface area is 140 Å². The van der Waals surface area contributed by atoms with E-state index in [-0.39, 0.29) is 5.78 Å². The molecule has 1 heterocycles. The van der Waals surface area contributed by atoms with Gasteiger partial charge in [0.1, 0.15) is 5.69 Å². The van der Waals surface area contributed by atoms with E-state index in [0.717, 1.165) is 11.3 Å². The highest BCUT2D eigenvalue weighted by molar-refractivity contribution is 6.30. The van der Waals surface area contributed by atoms with Crippen LogP contribution in [0.25, 0.3) is 0 Å². The summed E-state index contributed by atoms with van der Waals surface area (Å²) in [6.45, 7) is 0.301. The first-order valence-electron chi connectivity index (χ1n) is 7.37. The third-order valence-electron chi connectivity index (χ3n) is 3.51. The van der Waals surface area contributed by atoms with E-state index in [1.807, 2.05) is 71.6 Å². The van der Waals surface area contributed by atoms with Gasteiger partial charge >= 0.3 is 0 Å². The van der Waals surface area contributed by atoms with Gasteiger partial charge in [-0.3, -0.25) is 4.79 Å². The second-order valence-electron chi connectivity index (χ2n) is 5.32. The van der Waals surface area contributed by atoms with E-state index < -0.39 is 0 Å². The molecule has 2 aromatic carbocycles. The number of carbonyl (C=O) groups is 1. The van der Waals surface area contributed by atoms with Crippen molar-refractivity contribution in [1.82, 2.24) is 4.98 Å². The van der Waals surface area contributed by atoms with Gasteiger partial charge in [-0.1, -0.05) is 54.1 Å². The summed E-state index contributed by atoms with van der Waals surface area (Å²) in [4.78, 5) is 16.6. The van der Waals surface area contributed by atoms with Crippen LogP contribution in [-0.4, -0.2) is 10.8 Å². The number of rotatable bonds is 5. The maximum atomic E-state index is 12.3. The van der Waals surface area contributed by atoms with Crippen LogP contribution in [0.1, 0.15) is 21.6 Å². The average molecular weight is 324 g/mol. The highest BCUT2D eigenvalue weighted by Crippen LogP contribution is 2.13. The molecule has 0 unspecified atom stereocenters. The van der Waals surface area contributed by atoms with Crippen molar-refractivity contribution in [1.29, 1.82) is 0 Å². The molecule has 114 valence electrons. The molecule has 1 aromatic heterocycles. The minimum atomic E-state index is 0.0792. The smallest absolute Gasteiger partial charge is 0.227 e. The molecule has 3 aromatic rings. The van der Waals surface area contributed by atoms with Crippen molar-refractivity contribution in [2.45, 2.75) is 13.0 Å². The predicted molar refractivity (Wildman–Crippen MR) is 89.5 cm³/mol. The molecule has 0 aliphatic carbocycles. The molecule has 0 radical (unpaired) electrons. The van der Waals surface area contributed by atoms with Gasteiger partial charge in [0.2, 0.25) is 12.3 Å². The van der Waals surface area contributed by atoms with Crippen LogP contribution in [0, 0.1) is 0 Å². The van der Waals surface area contributed by atoms with Gasteiger partial charge in [-0.15, -0.1) is 0 Å². The number of carbonyl (C=O) groups excluding carboxylic acids is 1. The number of aromatic nitrogens is 2. The Balaban J connectivity index is 1.74. The molecular weight excluding hydrogens is 308 g/mol. The monoisotopic (exact) mass is 323 g/mol. The summed E-state index contributed by atoms with van der Waals surface area (Å²) in [5.74, 6) is 0.0792. The van der Waals surface area contributed by atoms with Gasteiger partial charge in [0.15, 0.2) is 12.4 Å². The Morgan fingerprint density at radius 2 is 1.91 bits per heavy atom. The molecule has 0 amide bonds. The van der Waals surface area contributed by atoms with E-state index in [4.69, 9.17) is 11.6 Å². The number of nitrogens with zero attached hydrogens (tertiary/aromatic N) is 2. The van der Waals surface area contributed by atoms with Crippen molar-refractivity contribution < 1.29 is 9.36 Å². The van der Waals surface area contributed by atoms with Crippen LogP contribution < -0.4 is 4.57 Å². The van der Waals surface area contributed by atoms with Crippen LogP contribution in [-0.2, 0) is 13.0 Å². The maximum absolute atomic E-state index is 12.3. The van der Waals surface area contributed by atoms with E-state index in [0.29, 0.717) is 23.6 Å². The molecule has 0 N–H and O–H groups in total. The van der Waals surface area contributed by atoms with E-state index in [9.17, 15) is 4.79 Å². The largest absolute Gasteiger partial charge is 0.287 e. The van der Waals surface area contributed by atoms with E-state index in [1.54, 1.807) is 6.20 Å². The van der Waals surface area contributed by atoms with Gasteiger partial charge < -0.3 is 0 Å². The summed E-state index contributed by atoms with van der Waals surface area (Å²) < 4.78 is 1.86. The first-order chi connectivity index (χ1) is 11.2. The minimum Gasteiger partial charge on any atom is -0.287 e. The van der Waals surface area contributed by atoms with Gasteiger partial charge in [-0.25, -0.2) is 4.98 Å². The summed E-state index contributed by atoms with van der Waals surface area (Å²) in [6.07, 6.45) is 6.11. The molecule has 4 heteroatoms. The standard InChI is InChI=1S/C19H16ClN2O/c20-17-8-4-5-15(11-17)12-18-13-22(10-9-21-18)14-19(23)16-6-2-1-3-7-16/h1-11,13H,12,14H2/q+1. The van der Waals surface area contributed by atoms with E-state index in [1.165, 1.54) is 0 Å². The Kier molecular flexibility index (Phi) is 4.79. The molecule has 23 heavy (non-hydrogen) atoms. The number of Topliss-reactive ketones (excluding diaryl/α,β-unsaturated/α-hetero) is 1. The molecule has 0 fully saturated rings. The Morgan fingerprint density at radius 3 is 2.70 bits per heavy atom. The molecular formula is C19H16ClN2O+. The zero-order valence-corrected chi connectivity index (χ0v) is 13.3. The lowest BCUT2D eigenvalue weighted by Gasteiger charge is -2.02. The topological polar surface area (TPSA) is 33.8 Å². The van der Waals surface area contributed by atoms with Crippen LogP contribution in [0.15, 0.2) is 73.2 Å². The molecule has 3 rings (SSSR count). The minimum absolute atomic E-state index is 0.0792. The van der Waals surface area contributed by atoms with Crippen molar-refractivity contribution >= 4 is 17.4 Å². The molecule has 0 saturated heterocycles. The SMILES string of the molecule is O=C(C[n+]1ccnc(Cc2cccc(Cl)c2)c1)c1ccccc1.